The van der Waals surface area contributed by atoms with Gasteiger partial charge in [-0.2, -0.15) is 0 Å². The summed E-state index contributed by atoms with van der Waals surface area (Å²) in [5.74, 6) is 5.88. The summed E-state index contributed by atoms with van der Waals surface area (Å²) in [5.41, 5.74) is 0. The van der Waals surface area contributed by atoms with E-state index < -0.39 is 6.10 Å². The quantitative estimate of drug-likeness (QED) is 0.274. The molecule has 0 aromatic carbocycles. The minimum absolute atomic E-state index is 0. The van der Waals surface area contributed by atoms with Crippen molar-refractivity contribution < 1.29 is 66.2 Å². The third kappa shape index (κ3) is 90.3. The largest absolute Gasteiger partial charge is 0.0312 e. The Labute approximate surface area is 182 Å². The summed E-state index contributed by atoms with van der Waals surface area (Å²) in [5, 5.41) is 9.05. The molecule has 1 unspecified atom stereocenters. The molecule has 1 fully saturated rings. The molecule has 1 atom stereocenters. The average Bonchev–Trinajstić information content (AvgIpc) is 3.23. The van der Waals surface area contributed by atoms with Crippen LogP contribution in [0, 0.1) is 83.1 Å². The minimum Gasteiger partial charge on any atom is -0.0312 e. The molecule has 1 saturated carbocycles. The molecule has 0 aromatic heterocycles. The Hall–Kier alpha value is -0.585. The number of rotatable bonds is 2. The van der Waals surface area contributed by atoms with E-state index in [1.165, 1.54) is 0 Å². The van der Waals surface area contributed by atoms with Crippen LogP contribution in [0.5, 0.6) is 0 Å². The zero-order valence-corrected chi connectivity index (χ0v) is 17.5. The molecule has 0 bridgehead atoms. The fourth-order valence-corrected chi connectivity index (χ4v) is 0.993. The molecule has 1 rings (SSSR count). The SMILES string of the molecule is CC#CC(O)CC(C)C.[C-]#[O+].[C-]#[O+].[C-]#[O+].[C-]#[O+].[C-]#[O+].[CH]1[CH][CH][CH][CH]1.[Co].[Mo]. The predicted molar refractivity (Wildman–Crippen MR) is 80.1 cm³/mol. The smallest absolute Gasteiger partial charge is 0 e. The van der Waals surface area contributed by atoms with E-state index >= 15 is 0 Å². The Balaban J connectivity index is -0.0000000275. The Bertz CT molecular complexity index is 317. The summed E-state index contributed by atoms with van der Waals surface area (Å²) >= 11 is 0. The van der Waals surface area contributed by atoms with Crippen molar-refractivity contribution in [2.24, 2.45) is 5.92 Å². The van der Waals surface area contributed by atoms with Crippen LogP contribution in [0.4, 0.5) is 0 Å². The normalized spacial score (nSPS) is 9.35. The predicted octanol–water partition coefficient (Wildman–Crippen LogP) is 2.25. The van der Waals surface area contributed by atoms with Crippen molar-refractivity contribution in [3.8, 4) is 11.8 Å². The van der Waals surface area contributed by atoms with Gasteiger partial charge in [0.25, 0.3) is 0 Å². The van der Waals surface area contributed by atoms with Gasteiger partial charge in [0.2, 0.25) is 0 Å². The van der Waals surface area contributed by atoms with Crippen LogP contribution in [0.3, 0.4) is 0 Å². The van der Waals surface area contributed by atoms with Crippen LogP contribution in [0.25, 0.3) is 0 Å². The van der Waals surface area contributed by atoms with Gasteiger partial charge < -0.3 is 5.11 Å². The molecule has 26 heavy (non-hydrogen) atoms. The maximum absolute atomic E-state index is 9.05. The molecule has 142 valence electrons. The van der Waals surface area contributed by atoms with Crippen LogP contribution in [0.1, 0.15) is 27.2 Å². The average molecular weight is 486 g/mol. The molecule has 0 aliphatic heterocycles. The first-order chi connectivity index (χ1) is 11.7. The standard InChI is InChI=1S/C8H14O.C5H5.5CO.Co.Mo/c1-4-5-8(9)6-7(2)3;1-2-4-5-3-1;5*1-2;;/h7-9H,6H2,1-3H3;1-5H;;;;;;;. The van der Waals surface area contributed by atoms with Gasteiger partial charge in [-0.1, -0.05) is 19.8 Å². The van der Waals surface area contributed by atoms with Crippen molar-refractivity contribution >= 4 is 0 Å². The van der Waals surface area contributed by atoms with Gasteiger partial charge in [-0.05, 0) is 51.4 Å². The molecule has 6 nitrogen and oxygen atoms in total. The molecular weight excluding hydrogens is 467 g/mol. The van der Waals surface area contributed by atoms with E-state index in [4.69, 9.17) is 28.4 Å². The van der Waals surface area contributed by atoms with E-state index in [-0.39, 0.29) is 37.8 Å². The van der Waals surface area contributed by atoms with Gasteiger partial charge >= 0.3 is 56.5 Å². The van der Waals surface area contributed by atoms with Gasteiger partial charge in [-0.25, -0.2) is 0 Å². The van der Waals surface area contributed by atoms with E-state index in [1.807, 2.05) is 32.1 Å². The third-order valence-corrected chi connectivity index (χ3v) is 1.56. The van der Waals surface area contributed by atoms with Crippen molar-refractivity contribution in [2.45, 2.75) is 33.3 Å². The second kappa shape index (κ2) is 74.4. The summed E-state index contributed by atoms with van der Waals surface area (Å²) in [6.07, 6.45) is 10.4. The molecule has 0 heterocycles. The van der Waals surface area contributed by atoms with Gasteiger partial charge in [0, 0.05) is 37.8 Å². The Morgan fingerprint density at radius 2 is 1.00 bits per heavy atom. The van der Waals surface area contributed by atoms with E-state index in [2.05, 4.69) is 58.9 Å². The number of aliphatic hydroxyl groups is 1. The molecule has 0 amide bonds. The van der Waals surface area contributed by atoms with E-state index in [0.29, 0.717) is 5.92 Å². The molecule has 1 aliphatic rings. The molecule has 1 N–H and O–H groups in total. The summed E-state index contributed by atoms with van der Waals surface area (Å²) in [6.45, 7) is 28.4. The molecule has 6 radical (unpaired) electrons. The van der Waals surface area contributed by atoms with Crippen LogP contribution in [-0.4, -0.2) is 11.2 Å². The van der Waals surface area contributed by atoms with Crippen molar-refractivity contribution in [2.75, 3.05) is 0 Å². The summed E-state index contributed by atoms with van der Waals surface area (Å²) in [6, 6.07) is 0. The van der Waals surface area contributed by atoms with Gasteiger partial charge in [0.15, 0.2) is 0 Å². The molecule has 0 spiro atoms. The summed E-state index contributed by atoms with van der Waals surface area (Å²) < 4.78 is 37.5. The van der Waals surface area contributed by atoms with E-state index in [9.17, 15) is 0 Å². The van der Waals surface area contributed by atoms with Crippen molar-refractivity contribution in [3.63, 3.8) is 0 Å². The first-order valence-corrected chi connectivity index (χ1v) is 5.96. The van der Waals surface area contributed by atoms with Crippen LogP contribution in [0.2, 0.25) is 0 Å². The second-order valence-electron chi connectivity index (χ2n) is 3.50. The Morgan fingerprint density at radius 1 is 0.769 bits per heavy atom. The second-order valence-corrected chi connectivity index (χ2v) is 3.50. The first-order valence-electron chi connectivity index (χ1n) is 5.96. The monoisotopic (exact) mass is 488 g/mol. The van der Waals surface area contributed by atoms with Crippen LogP contribution in [-0.2, 0) is 61.1 Å². The van der Waals surface area contributed by atoms with Gasteiger partial charge in [0.1, 0.15) is 6.10 Å². The summed E-state index contributed by atoms with van der Waals surface area (Å²) in [4.78, 5) is 0. The number of aliphatic hydroxyl groups excluding tert-OH is 1. The van der Waals surface area contributed by atoms with Crippen LogP contribution in [0.15, 0.2) is 0 Å². The minimum atomic E-state index is -0.421. The number of hydrogen-bond acceptors (Lipinski definition) is 1. The van der Waals surface area contributed by atoms with Crippen LogP contribution < -0.4 is 0 Å². The van der Waals surface area contributed by atoms with Crippen molar-refractivity contribution in [3.05, 3.63) is 65.4 Å². The maximum Gasteiger partial charge on any atom is 0 e. The Kier molecular flexibility index (Phi) is 143. The third-order valence-electron chi connectivity index (χ3n) is 1.56. The van der Waals surface area contributed by atoms with Gasteiger partial charge in [0.05, 0.1) is 0 Å². The molecule has 0 aromatic rings. The molecule has 1 aliphatic carbocycles. The first kappa shape index (κ1) is 50.0. The molecule has 0 saturated heterocycles. The van der Waals surface area contributed by atoms with Crippen molar-refractivity contribution in [1.82, 2.24) is 0 Å². The summed E-state index contributed by atoms with van der Waals surface area (Å²) in [7, 11) is 0. The zero-order valence-electron chi connectivity index (χ0n) is 14.5. The number of hydrogen-bond donors (Lipinski definition) is 1. The van der Waals surface area contributed by atoms with Crippen molar-refractivity contribution in [1.29, 1.82) is 0 Å². The van der Waals surface area contributed by atoms with Gasteiger partial charge in [-0.3, -0.25) is 0 Å². The molecular formula is C18H19CoMoO6. The molecule has 8 heteroatoms. The van der Waals surface area contributed by atoms with E-state index in [1.54, 1.807) is 6.92 Å². The maximum atomic E-state index is 9.05. The van der Waals surface area contributed by atoms with E-state index in [0.717, 1.165) is 6.42 Å². The van der Waals surface area contributed by atoms with Crippen LogP contribution >= 0.6 is 0 Å². The fraction of sp³-hybridized carbons (Fsp3) is 0.333. The topological polar surface area (TPSA) is 120 Å². The van der Waals surface area contributed by atoms with Gasteiger partial charge in [-0.15, -0.1) is 5.92 Å². The Morgan fingerprint density at radius 3 is 1.15 bits per heavy atom. The fourth-order valence-electron chi connectivity index (χ4n) is 0.993. The zero-order chi connectivity index (χ0) is 20.8.